The number of nitrogens with zero attached hydrogens (tertiary/aromatic N) is 1. The van der Waals surface area contributed by atoms with E-state index in [0.717, 1.165) is 16.1 Å². The van der Waals surface area contributed by atoms with Crippen LogP contribution >= 0.6 is 0 Å². The summed E-state index contributed by atoms with van der Waals surface area (Å²) in [4.78, 5) is 24.8. The van der Waals surface area contributed by atoms with E-state index in [-0.39, 0.29) is 11.3 Å². The van der Waals surface area contributed by atoms with Gasteiger partial charge in [-0.05, 0) is 56.2 Å². The zero-order chi connectivity index (χ0) is 22.6. The van der Waals surface area contributed by atoms with Gasteiger partial charge in [0, 0.05) is 5.69 Å². The molecule has 8 nitrogen and oxygen atoms in total. The van der Waals surface area contributed by atoms with Crippen molar-refractivity contribution in [1.82, 2.24) is 0 Å². The van der Waals surface area contributed by atoms with Crippen molar-refractivity contribution < 1.29 is 27.5 Å². The molecule has 0 spiro atoms. The molecule has 0 saturated carbocycles. The topological polar surface area (TPSA) is 102 Å². The fourth-order valence-electron chi connectivity index (χ4n) is 2.99. The smallest absolute Gasteiger partial charge is 0.337 e. The highest BCUT2D eigenvalue weighted by molar-refractivity contribution is 7.92. The van der Waals surface area contributed by atoms with Crippen LogP contribution < -0.4 is 14.4 Å². The minimum absolute atomic E-state index is 0.266. The number of benzene rings is 2. The Morgan fingerprint density at radius 1 is 1.07 bits per heavy atom. The molecule has 0 heterocycles. The maximum atomic E-state index is 13.0. The molecule has 0 aliphatic carbocycles. The van der Waals surface area contributed by atoms with E-state index < -0.39 is 27.9 Å². The van der Waals surface area contributed by atoms with Gasteiger partial charge >= 0.3 is 5.97 Å². The lowest BCUT2D eigenvalue weighted by Crippen LogP contribution is -2.45. The average molecular weight is 435 g/mol. The quantitative estimate of drug-likeness (QED) is 0.673. The number of nitrogens with one attached hydrogen (secondary N) is 1. The lowest BCUT2D eigenvalue weighted by atomic mass is 10.1. The molecule has 2 rings (SSSR count). The number of carbonyl (C=O) groups is 2. The number of aryl methyl sites for hydroxylation is 2. The summed E-state index contributed by atoms with van der Waals surface area (Å²) in [5.74, 6) is -0.774. The zero-order valence-electron chi connectivity index (χ0n) is 17.8. The van der Waals surface area contributed by atoms with Crippen LogP contribution in [0.4, 0.5) is 11.4 Å². The second kappa shape index (κ2) is 9.17. The molecule has 1 amide bonds. The highest BCUT2D eigenvalue weighted by atomic mass is 32.2. The average Bonchev–Trinajstić information content (AvgIpc) is 2.68. The first-order valence-electron chi connectivity index (χ1n) is 9.13. The summed E-state index contributed by atoms with van der Waals surface area (Å²) in [6.07, 6.45) is 1.03. The maximum Gasteiger partial charge on any atom is 0.337 e. The van der Waals surface area contributed by atoms with Crippen LogP contribution in [0, 0.1) is 13.8 Å². The predicted octanol–water partition coefficient (Wildman–Crippen LogP) is 2.89. The van der Waals surface area contributed by atoms with Crippen molar-refractivity contribution in [3.8, 4) is 5.75 Å². The Hall–Kier alpha value is -3.07. The molecular weight excluding hydrogens is 408 g/mol. The number of methoxy groups -OCH3 is 2. The van der Waals surface area contributed by atoms with Crippen LogP contribution in [0.2, 0.25) is 0 Å². The fraction of sp³-hybridized carbons (Fsp3) is 0.333. The first-order valence-corrected chi connectivity index (χ1v) is 11.0. The third-order valence-corrected chi connectivity index (χ3v) is 5.80. The summed E-state index contributed by atoms with van der Waals surface area (Å²) >= 11 is 0. The van der Waals surface area contributed by atoms with Crippen molar-refractivity contribution in [2.24, 2.45) is 0 Å². The highest BCUT2D eigenvalue weighted by Crippen LogP contribution is 2.33. The predicted molar refractivity (Wildman–Crippen MR) is 116 cm³/mol. The molecule has 0 bridgehead atoms. The SMILES string of the molecule is COC(=O)c1ccc(C)c(NC(=O)[C@@H](C)N(c2cc(C)ccc2OC)S(C)(=O)=O)c1. The van der Waals surface area contributed by atoms with Crippen molar-refractivity contribution in [2.45, 2.75) is 26.8 Å². The molecule has 0 aromatic heterocycles. The van der Waals surface area contributed by atoms with Crippen LogP contribution in [0.5, 0.6) is 5.75 Å². The number of carbonyl (C=O) groups excluding carboxylic acids is 2. The number of esters is 1. The number of hydrogen-bond donors (Lipinski definition) is 1. The van der Waals surface area contributed by atoms with Gasteiger partial charge in [-0.1, -0.05) is 12.1 Å². The Kier molecular flexibility index (Phi) is 7.09. The number of hydrogen-bond acceptors (Lipinski definition) is 6. The Morgan fingerprint density at radius 3 is 2.30 bits per heavy atom. The van der Waals surface area contributed by atoms with Crippen molar-refractivity contribution >= 4 is 33.3 Å². The van der Waals surface area contributed by atoms with Gasteiger partial charge < -0.3 is 14.8 Å². The largest absolute Gasteiger partial charge is 0.495 e. The third kappa shape index (κ3) is 5.10. The summed E-state index contributed by atoms with van der Waals surface area (Å²) in [6, 6.07) is 8.74. The van der Waals surface area contributed by atoms with Gasteiger partial charge in [-0.3, -0.25) is 9.10 Å². The van der Waals surface area contributed by atoms with Crippen molar-refractivity contribution in [1.29, 1.82) is 0 Å². The fourth-order valence-corrected chi connectivity index (χ4v) is 4.16. The molecule has 0 unspecified atom stereocenters. The Balaban J connectivity index is 2.44. The number of sulfonamides is 1. The lowest BCUT2D eigenvalue weighted by molar-refractivity contribution is -0.116. The van der Waals surface area contributed by atoms with Gasteiger partial charge in [0.05, 0.1) is 31.7 Å². The molecular formula is C21H26N2O6S. The van der Waals surface area contributed by atoms with Gasteiger partial charge in [0.25, 0.3) is 0 Å². The summed E-state index contributed by atoms with van der Waals surface area (Å²) in [5.41, 5.74) is 2.45. The molecule has 30 heavy (non-hydrogen) atoms. The van der Waals surface area contributed by atoms with Gasteiger partial charge in [0.1, 0.15) is 11.8 Å². The standard InChI is InChI=1S/C21H26N2O6S/c1-13-7-10-19(28-4)18(11-13)23(30(6,26)27)15(3)20(24)22-17-12-16(21(25)29-5)9-8-14(17)2/h7-12,15H,1-6H3,(H,22,24)/t15-/m1/s1. The molecule has 2 aromatic carbocycles. The first kappa shape index (κ1) is 23.2. The molecule has 0 aliphatic heterocycles. The van der Waals surface area contributed by atoms with Crippen LogP contribution in [-0.2, 0) is 19.6 Å². The Labute approximate surface area is 176 Å². The third-order valence-electron chi connectivity index (χ3n) is 4.58. The van der Waals surface area contributed by atoms with Crippen LogP contribution in [0.15, 0.2) is 36.4 Å². The van der Waals surface area contributed by atoms with Crippen LogP contribution in [0.1, 0.15) is 28.4 Å². The van der Waals surface area contributed by atoms with Crippen molar-refractivity contribution in [3.05, 3.63) is 53.1 Å². The molecule has 162 valence electrons. The van der Waals surface area contributed by atoms with E-state index in [4.69, 9.17) is 9.47 Å². The monoisotopic (exact) mass is 434 g/mol. The second-order valence-corrected chi connectivity index (χ2v) is 8.78. The minimum Gasteiger partial charge on any atom is -0.495 e. The number of ether oxygens (including phenoxy) is 2. The highest BCUT2D eigenvalue weighted by Gasteiger charge is 2.31. The van der Waals surface area contributed by atoms with Gasteiger partial charge in [0.2, 0.25) is 15.9 Å². The maximum absolute atomic E-state index is 13.0. The molecule has 9 heteroatoms. The summed E-state index contributed by atoms with van der Waals surface area (Å²) in [6.45, 7) is 5.06. The van der Waals surface area contributed by atoms with Crippen molar-refractivity contribution in [2.75, 3.05) is 30.1 Å². The second-order valence-electron chi connectivity index (χ2n) is 6.92. The van der Waals surface area contributed by atoms with Gasteiger partial charge in [-0.2, -0.15) is 0 Å². The van der Waals surface area contributed by atoms with E-state index in [0.29, 0.717) is 17.0 Å². The molecule has 1 atom stereocenters. The number of amides is 1. The van der Waals surface area contributed by atoms with E-state index in [1.165, 1.54) is 27.2 Å². The van der Waals surface area contributed by atoms with E-state index in [1.54, 1.807) is 37.3 Å². The normalized spacial score (nSPS) is 12.1. The number of anilines is 2. The van der Waals surface area contributed by atoms with Gasteiger partial charge in [-0.25, -0.2) is 13.2 Å². The number of rotatable bonds is 7. The molecule has 0 radical (unpaired) electrons. The Morgan fingerprint density at radius 2 is 1.73 bits per heavy atom. The van der Waals surface area contributed by atoms with Crippen LogP contribution in [0.25, 0.3) is 0 Å². The lowest BCUT2D eigenvalue weighted by Gasteiger charge is -2.29. The van der Waals surface area contributed by atoms with Crippen LogP contribution in [-0.4, -0.2) is 46.8 Å². The van der Waals surface area contributed by atoms with E-state index in [1.807, 2.05) is 6.92 Å². The van der Waals surface area contributed by atoms with Gasteiger partial charge in [-0.15, -0.1) is 0 Å². The van der Waals surface area contributed by atoms with Gasteiger partial charge in [0.15, 0.2) is 0 Å². The van der Waals surface area contributed by atoms with E-state index >= 15 is 0 Å². The molecule has 0 fully saturated rings. The summed E-state index contributed by atoms with van der Waals surface area (Å²) in [5, 5.41) is 2.71. The molecule has 1 N–H and O–H groups in total. The Bertz CT molecular complexity index is 1070. The van der Waals surface area contributed by atoms with Crippen LogP contribution in [0.3, 0.4) is 0 Å². The minimum atomic E-state index is -3.82. The van der Waals surface area contributed by atoms with E-state index in [9.17, 15) is 18.0 Å². The first-order chi connectivity index (χ1) is 14.0. The summed E-state index contributed by atoms with van der Waals surface area (Å²) in [7, 11) is -1.12. The van der Waals surface area contributed by atoms with Crippen molar-refractivity contribution in [3.63, 3.8) is 0 Å². The van der Waals surface area contributed by atoms with E-state index in [2.05, 4.69) is 5.32 Å². The zero-order valence-corrected chi connectivity index (χ0v) is 18.7. The molecule has 0 aliphatic rings. The summed E-state index contributed by atoms with van der Waals surface area (Å²) < 4.78 is 36.2. The molecule has 0 saturated heterocycles. The molecule has 2 aromatic rings.